The number of hydrogen-bond donors (Lipinski definition) is 0. The van der Waals surface area contributed by atoms with E-state index in [2.05, 4.69) is 5.10 Å². The number of ether oxygens (including phenoxy) is 1. The monoisotopic (exact) mass is 418 g/mol. The van der Waals surface area contributed by atoms with Crippen LogP contribution < -0.4 is 10.5 Å². The van der Waals surface area contributed by atoms with Crippen molar-refractivity contribution in [3.63, 3.8) is 0 Å². The number of alkyl halides is 3. The minimum atomic E-state index is -4.66. The summed E-state index contributed by atoms with van der Waals surface area (Å²) in [6.45, 7) is 11.2. The third-order valence-corrected chi connectivity index (χ3v) is 4.42. The van der Waals surface area contributed by atoms with Crippen LogP contribution in [-0.4, -0.2) is 52.6 Å². The summed E-state index contributed by atoms with van der Waals surface area (Å²) < 4.78 is 46.7. The van der Waals surface area contributed by atoms with Gasteiger partial charge in [0.15, 0.2) is 5.69 Å². The fourth-order valence-electron chi connectivity index (χ4n) is 3.19. The summed E-state index contributed by atoms with van der Waals surface area (Å²) in [5.41, 5.74) is -2.43. The average Bonchev–Trinajstić information content (AvgIpc) is 2.55. The smallest absolute Gasteiger partial charge is 0.435 e. The summed E-state index contributed by atoms with van der Waals surface area (Å²) in [6.07, 6.45) is -5.14. The zero-order chi connectivity index (χ0) is 22.1. The maximum Gasteiger partial charge on any atom is 0.435 e. The molecule has 0 N–H and O–H groups in total. The highest BCUT2D eigenvalue weighted by molar-refractivity contribution is 5.68. The van der Waals surface area contributed by atoms with Crippen molar-refractivity contribution in [2.24, 2.45) is 5.92 Å². The molecule has 0 spiro atoms. The molecule has 0 aromatic carbocycles. The molecular formula is C19H29F3N4O3. The molecule has 1 aromatic rings. The van der Waals surface area contributed by atoms with Gasteiger partial charge in [0.2, 0.25) is 0 Å². The van der Waals surface area contributed by atoms with Crippen LogP contribution in [0.25, 0.3) is 0 Å². The van der Waals surface area contributed by atoms with Gasteiger partial charge in [0.25, 0.3) is 5.56 Å². The Kier molecular flexibility index (Phi) is 6.54. The minimum Gasteiger partial charge on any atom is -0.444 e. The van der Waals surface area contributed by atoms with Crippen LogP contribution in [0.4, 0.5) is 23.7 Å². The van der Waals surface area contributed by atoms with Crippen LogP contribution in [0.5, 0.6) is 0 Å². The largest absolute Gasteiger partial charge is 0.444 e. The molecule has 0 atom stereocenters. The lowest BCUT2D eigenvalue weighted by Crippen LogP contribution is -2.52. The molecule has 1 fully saturated rings. The number of piperazine rings is 1. The molecule has 0 aliphatic carbocycles. The Morgan fingerprint density at radius 1 is 1.14 bits per heavy atom. The molecular weight excluding hydrogens is 389 g/mol. The summed E-state index contributed by atoms with van der Waals surface area (Å²) >= 11 is 0. The van der Waals surface area contributed by atoms with E-state index in [-0.39, 0.29) is 49.9 Å². The summed E-state index contributed by atoms with van der Waals surface area (Å²) in [4.78, 5) is 28.2. The average molecular weight is 418 g/mol. The molecule has 0 saturated carbocycles. The number of hydrogen-bond acceptors (Lipinski definition) is 5. The number of nitrogens with zero attached hydrogens (tertiary/aromatic N) is 4. The van der Waals surface area contributed by atoms with Crippen molar-refractivity contribution in [3.05, 3.63) is 21.6 Å². The van der Waals surface area contributed by atoms with E-state index < -0.39 is 29.1 Å². The maximum absolute atomic E-state index is 13.5. The number of anilines is 1. The molecule has 164 valence electrons. The topological polar surface area (TPSA) is 67.7 Å². The van der Waals surface area contributed by atoms with Crippen molar-refractivity contribution in [1.82, 2.24) is 14.7 Å². The predicted octanol–water partition coefficient (Wildman–Crippen LogP) is 3.28. The van der Waals surface area contributed by atoms with E-state index in [9.17, 15) is 22.8 Å². The van der Waals surface area contributed by atoms with E-state index in [1.165, 1.54) is 11.8 Å². The molecule has 1 saturated heterocycles. The molecule has 1 aliphatic rings. The van der Waals surface area contributed by atoms with Gasteiger partial charge in [0.1, 0.15) is 11.3 Å². The first-order chi connectivity index (χ1) is 13.2. The Labute approximate surface area is 168 Å². The first kappa shape index (κ1) is 23.0. The van der Waals surface area contributed by atoms with Crippen molar-refractivity contribution < 1.29 is 22.7 Å². The van der Waals surface area contributed by atoms with Gasteiger partial charge in [-0.25, -0.2) is 9.48 Å². The second kappa shape index (κ2) is 8.23. The fraction of sp³-hybridized carbons (Fsp3) is 0.737. The highest BCUT2D eigenvalue weighted by Gasteiger charge is 2.38. The van der Waals surface area contributed by atoms with Crippen LogP contribution in [-0.2, 0) is 17.5 Å². The highest BCUT2D eigenvalue weighted by atomic mass is 19.4. The van der Waals surface area contributed by atoms with Crippen LogP contribution in [0, 0.1) is 12.8 Å². The maximum atomic E-state index is 13.5. The SMILES string of the molecule is Cc1c(C(F)(F)F)nn(CC(C)C)c(=O)c1N1CCN(C(=O)OC(C)(C)C)CC1. The lowest BCUT2D eigenvalue weighted by molar-refractivity contribution is -0.142. The van der Waals surface area contributed by atoms with Crippen LogP contribution in [0.15, 0.2) is 4.79 Å². The first-order valence-electron chi connectivity index (χ1n) is 9.62. The van der Waals surface area contributed by atoms with Crippen LogP contribution in [0.2, 0.25) is 0 Å². The number of carbonyl (C=O) groups excluding carboxylic acids is 1. The van der Waals surface area contributed by atoms with E-state index in [1.54, 1.807) is 39.5 Å². The third kappa shape index (κ3) is 5.63. The second-order valence-electron chi connectivity index (χ2n) is 8.66. The Balaban J connectivity index is 2.33. The molecule has 1 aliphatic heterocycles. The zero-order valence-corrected chi connectivity index (χ0v) is 17.8. The highest BCUT2D eigenvalue weighted by Crippen LogP contribution is 2.33. The van der Waals surface area contributed by atoms with Gasteiger partial charge < -0.3 is 14.5 Å². The fourth-order valence-corrected chi connectivity index (χ4v) is 3.19. The molecule has 29 heavy (non-hydrogen) atoms. The number of amides is 1. The standard InChI is InChI=1S/C19H29F3N4O3/c1-12(2)11-26-16(27)14(13(3)15(23-26)19(20,21)22)24-7-9-25(10-8-24)17(28)29-18(4,5)6/h12H,7-11H2,1-6H3. The molecule has 10 heteroatoms. The van der Waals surface area contributed by atoms with Gasteiger partial charge in [0, 0.05) is 38.3 Å². The number of rotatable bonds is 3. The van der Waals surface area contributed by atoms with E-state index >= 15 is 0 Å². The molecule has 1 aromatic heterocycles. The lowest BCUT2D eigenvalue weighted by Gasteiger charge is -2.37. The number of carbonyl (C=O) groups is 1. The van der Waals surface area contributed by atoms with Crippen molar-refractivity contribution in [1.29, 1.82) is 0 Å². The summed E-state index contributed by atoms with van der Waals surface area (Å²) in [7, 11) is 0. The molecule has 0 radical (unpaired) electrons. The second-order valence-corrected chi connectivity index (χ2v) is 8.66. The molecule has 0 unspecified atom stereocenters. The Bertz CT molecular complexity index is 805. The number of aromatic nitrogens is 2. The van der Waals surface area contributed by atoms with Crippen molar-refractivity contribution in [2.45, 2.75) is 59.9 Å². The van der Waals surface area contributed by atoms with E-state index in [0.29, 0.717) is 0 Å². The van der Waals surface area contributed by atoms with Crippen molar-refractivity contribution in [2.75, 3.05) is 31.1 Å². The van der Waals surface area contributed by atoms with Crippen LogP contribution in [0.3, 0.4) is 0 Å². The lowest BCUT2D eigenvalue weighted by atomic mass is 10.1. The van der Waals surface area contributed by atoms with Gasteiger partial charge in [-0.15, -0.1) is 0 Å². The van der Waals surface area contributed by atoms with Gasteiger partial charge in [-0.1, -0.05) is 13.8 Å². The van der Waals surface area contributed by atoms with E-state index in [0.717, 1.165) is 4.68 Å². The van der Waals surface area contributed by atoms with Crippen molar-refractivity contribution in [3.8, 4) is 0 Å². The van der Waals surface area contributed by atoms with Gasteiger partial charge in [0.05, 0.1) is 0 Å². The quantitative estimate of drug-likeness (QED) is 0.754. The first-order valence-corrected chi connectivity index (χ1v) is 9.62. The summed E-state index contributed by atoms with van der Waals surface area (Å²) in [5, 5.41) is 3.59. The van der Waals surface area contributed by atoms with Crippen molar-refractivity contribution >= 4 is 11.8 Å². The zero-order valence-electron chi connectivity index (χ0n) is 17.8. The van der Waals surface area contributed by atoms with E-state index in [4.69, 9.17) is 4.74 Å². The minimum absolute atomic E-state index is 0.00295. The molecule has 2 rings (SSSR count). The molecule has 2 heterocycles. The van der Waals surface area contributed by atoms with Crippen LogP contribution >= 0.6 is 0 Å². The molecule has 1 amide bonds. The Morgan fingerprint density at radius 3 is 2.14 bits per heavy atom. The van der Waals surface area contributed by atoms with Gasteiger partial charge in [-0.3, -0.25) is 4.79 Å². The Morgan fingerprint density at radius 2 is 1.69 bits per heavy atom. The van der Waals surface area contributed by atoms with Gasteiger partial charge in [-0.2, -0.15) is 18.3 Å². The van der Waals surface area contributed by atoms with Gasteiger partial charge in [-0.05, 0) is 33.6 Å². The van der Waals surface area contributed by atoms with Crippen LogP contribution in [0.1, 0.15) is 45.9 Å². The van der Waals surface area contributed by atoms with Gasteiger partial charge >= 0.3 is 12.3 Å². The summed E-state index contributed by atoms with van der Waals surface area (Å²) in [6, 6.07) is 0. The predicted molar refractivity (Wildman–Crippen MR) is 103 cm³/mol. The summed E-state index contributed by atoms with van der Waals surface area (Å²) in [5.74, 6) is -0.0409. The Hall–Kier alpha value is -2.26. The molecule has 7 nitrogen and oxygen atoms in total. The number of halogens is 3. The van der Waals surface area contributed by atoms with E-state index in [1.807, 2.05) is 0 Å². The third-order valence-electron chi connectivity index (χ3n) is 4.42. The molecule has 0 bridgehead atoms. The normalized spacial score (nSPS) is 15.8.